The van der Waals surface area contributed by atoms with E-state index in [2.05, 4.69) is 29.8 Å². The molecule has 0 saturated heterocycles. The van der Waals surface area contributed by atoms with Crippen LogP contribution in [0.5, 0.6) is 0 Å². The van der Waals surface area contributed by atoms with Gasteiger partial charge < -0.3 is 11.1 Å². The second-order valence-corrected chi connectivity index (χ2v) is 4.45. The lowest BCUT2D eigenvalue weighted by Crippen LogP contribution is -1.99. The zero-order valence-electron chi connectivity index (χ0n) is 8.66. The smallest absolute Gasteiger partial charge is 0.0914 e. The summed E-state index contributed by atoms with van der Waals surface area (Å²) in [5.41, 5.74) is 9.04. The Morgan fingerprint density at radius 1 is 1.33 bits per heavy atom. The van der Waals surface area contributed by atoms with Crippen molar-refractivity contribution >= 4 is 22.0 Å². The average molecular weight is 218 g/mol. The van der Waals surface area contributed by atoms with Crippen LogP contribution in [0, 0.1) is 6.92 Å². The SMILES string of the molecule is Cc1ccsc1NCc1cccc(N)c1. The number of nitrogens with two attached hydrogens (primary N) is 1. The van der Waals surface area contributed by atoms with Crippen LogP contribution in [0.2, 0.25) is 0 Å². The maximum absolute atomic E-state index is 5.71. The lowest BCUT2D eigenvalue weighted by molar-refractivity contribution is 1.16. The van der Waals surface area contributed by atoms with Crippen molar-refractivity contribution < 1.29 is 0 Å². The summed E-state index contributed by atoms with van der Waals surface area (Å²) in [5.74, 6) is 0. The zero-order chi connectivity index (χ0) is 10.7. The van der Waals surface area contributed by atoms with Crippen LogP contribution < -0.4 is 11.1 Å². The summed E-state index contributed by atoms with van der Waals surface area (Å²) >= 11 is 1.73. The van der Waals surface area contributed by atoms with E-state index in [9.17, 15) is 0 Å². The predicted octanol–water partition coefficient (Wildman–Crippen LogP) is 3.25. The fourth-order valence-corrected chi connectivity index (χ4v) is 2.26. The van der Waals surface area contributed by atoms with Crippen LogP contribution >= 0.6 is 11.3 Å². The standard InChI is InChI=1S/C12H14N2S/c1-9-5-6-15-12(9)14-8-10-3-2-4-11(13)7-10/h2-7,14H,8,13H2,1H3. The molecule has 2 nitrogen and oxygen atoms in total. The average Bonchev–Trinajstić information content (AvgIpc) is 2.61. The van der Waals surface area contributed by atoms with Gasteiger partial charge in [-0.1, -0.05) is 12.1 Å². The predicted molar refractivity (Wildman–Crippen MR) is 67.2 cm³/mol. The molecule has 2 aromatic rings. The summed E-state index contributed by atoms with van der Waals surface area (Å²) in [5, 5.41) is 6.73. The van der Waals surface area contributed by atoms with Crippen LogP contribution in [-0.4, -0.2) is 0 Å². The van der Waals surface area contributed by atoms with Crippen molar-refractivity contribution in [1.29, 1.82) is 0 Å². The molecule has 0 unspecified atom stereocenters. The van der Waals surface area contributed by atoms with Gasteiger partial charge >= 0.3 is 0 Å². The quantitative estimate of drug-likeness (QED) is 0.776. The molecule has 2 rings (SSSR count). The number of hydrogen-bond acceptors (Lipinski definition) is 3. The number of benzene rings is 1. The van der Waals surface area contributed by atoms with Gasteiger partial charge in [0.25, 0.3) is 0 Å². The van der Waals surface area contributed by atoms with E-state index < -0.39 is 0 Å². The number of rotatable bonds is 3. The summed E-state index contributed by atoms with van der Waals surface area (Å²) < 4.78 is 0. The van der Waals surface area contributed by atoms with Gasteiger partial charge in [-0.15, -0.1) is 11.3 Å². The van der Waals surface area contributed by atoms with Crippen LogP contribution in [0.25, 0.3) is 0 Å². The fraction of sp³-hybridized carbons (Fsp3) is 0.167. The molecule has 15 heavy (non-hydrogen) atoms. The Bertz CT molecular complexity index is 448. The number of thiophene rings is 1. The number of nitrogen functional groups attached to an aromatic ring is 1. The van der Waals surface area contributed by atoms with E-state index in [0.29, 0.717) is 0 Å². The number of aryl methyl sites for hydroxylation is 1. The third-order valence-corrected chi connectivity index (χ3v) is 3.24. The second-order valence-electron chi connectivity index (χ2n) is 3.53. The molecule has 0 aliphatic heterocycles. The molecule has 3 heteroatoms. The van der Waals surface area contributed by atoms with Gasteiger partial charge in [-0.3, -0.25) is 0 Å². The van der Waals surface area contributed by atoms with Crippen molar-refractivity contribution in [3.8, 4) is 0 Å². The van der Waals surface area contributed by atoms with Gasteiger partial charge in [-0.05, 0) is 41.6 Å². The fourth-order valence-electron chi connectivity index (χ4n) is 1.44. The first-order valence-corrected chi connectivity index (χ1v) is 5.76. The molecule has 1 aromatic heterocycles. The number of anilines is 2. The van der Waals surface area contributed by atoms with Crippen molar-refractivity contribution in [2.24, 2.45) is 0 Å². The highest BCUT2D eigenvalue weighted by molar-refractivity contribution is 7.14. The molecule has 1 aromatic carbocycles. The van der Waals surface area contributed by atoms with Crippen molar-refractivity contribution in [2.45, 2.75) is 13.5 Å². The lowest BCUT2D eigenvalue weighted by Gasteiger charge is -2.05. The monoisotopic (exact) mass is 218 g/mol. The molecule has 0 saturated carbocycles. The highest BCUT2D eigenvalue weighted by atomic mass is 32.1. The summed E-state index contributed by atoms with van der Waals surface area (Å²) in [6, 6.07) is 10.1. The van der Waals surface area contributed by atoms with E-state index in [1.165, 1.54) is 16.1 Å². The Kier molecular flexibility index (Phi) is 2.92. The maximum atomic E-state index is 5.71. The third-order valence-electron chi connectivity index (χ3n) is 2.27. The van der Waals surface area contributed by atoms with Crippen LogP contribution in [0.15, 0.2) is 35.7 Å². The Labute approximate surface area is 93.7 Å². The molecule has 1 heterocycles. The van der Waals surface area contributed by atoms with Gasteiger partial charge in [0.05, 0.1) is 5.00 Å². The minimum Gasteiger partial charge on any atom is -0.399 e. The topological polar surface area (TPSA) is 38.0 Å². The Hall–Kier alpha value is -1.48. The highest BCUT2D eigenvalue weighted by Crippen LogP contribution is 2.22. The van der Waals surface area contributed by atoms with Crippen LogP contribution in [0.4, 0.5) is 10.7 Å². The molecule has 3 N–H and O–H groups in total. The number of nitrogens with one attached hydrogen (secondary N) is 1. The number of hydrogen-bond donors (Lipinski definition) is 2. The largest absolute Gasteiger partial charge is 0.399 e. The van der Waals surface area contributed by atoms with E-state index in [4.69, 9.17) is 5.73 Å². The van der Waals surface area contributed by atoms with Crippen LogP contribution in [0.3, 0.4) is 0 Å². The molecular formula is C12H14N2S. The molecule has 0 aliphatic carbocycles. The van der Waals surface area contributed by atoms with Gasteiger partial charge in [0.15, 0.2) is 0 Å². The summed E-state index contributed by atoms with van der Waals surface area (Å²) in [6.45, 7) is 2.94. The highest BCUT2D eigenvalue weighted by Gasteiger charge is 1.98. The molecule has 0 spiro atoms. The minimum atomic E-state index is 0.817. The minimum absolute atomic E-state index is 0.817. The molecular weight excluding hydrogens is 204 g/mol. The Morgan fingerprint density at radius 3 is 2.87 bits per heavy atom. The van der Waals surface area contributed by atoms with Crippen molar-refractivity contribution in [3.63, 3.8) is 0 Å². The first kappa shape index (κ1) is 10.1. The Balaban J connectivity index is 2.02. The van der Waals surface area contributed by atoms with Gasteiger partial charge in [-0.25, -0.2) is 0 Å². The summed E-state index contributed by atoms with van der Waals surface area (Å²) in [4.78, 5) is 0. The van der Waals surface area contributed by atoms with Crippen molar-refractivity contribution in [3.05, 3.63) is 46.8 Å². The van der Waals surface area contributed by atoms with E-state index in [0.717, 1.165) is 12.2 Å². The van der Waals surface area contributed by atoms with E-state index >= 15 is 0 Å². The van der Waals surface area contributed by atoms with Crippen molar-refractivity contribution in [1.82, 2.24) is 0 Å². The van der Waals surface area contributed by atoms with E-state index in [1.807, 2.05) is 18.2 Å². The molecule has 0 atom stereocenters. The van der Waals surface area contributed by atoms with E-state index in [1.54, 1.807) is 11.3 Å². The molecule has 0 amide bonds. The summed E-state index contributed by atoms with van der Waals surface area (Å²) in [6.07, 6.45) is 0. The van der Waals surface area contributed by atoms with E-state index in [-0.39, 0.29) is 0 Å². The second kappa shape index (κ2) is 4.36. The van der Waals surface area contributed by atoms with Crippen LogP contribution in [-0.2, 0) is 6.54 Å². The Morgan fingerprint density at radius 2 is 2.20 bits per heavy atom. The maximum Gasteiger partial charge on any atom is 0.0914 e. The molecule has 0 bridgehead atoms. The molecule has 0 fully saturated rings. The molecule has 78 valence electrons. The van der Waals surface area contributed by atoms with Gasteiger partial charge in [0.1, 0.15) is 0 Å². The zero-order valence-corrected chi connectivity index (χ0v) is 9.47. The normalized spacial score (nSPS) is 10.2. The van der Waals surface area contributed by atoms with Gasteiger partial charge in [-0.2, -0.15) is 0 Å². The third kappa shape index (κ3) is 2.50. The van der Waals surface area contributed by atoms with Gasteiger partial charge in [0.2, 0.25) is 0 Å². The first-order chi connectivity index (χ1) is 7.25. The summed E-state index contributed by atoms with van der Waals surface area (Å²) in [7, 11) is 0. The lowest BCUT2D eigenvalue weighted by atomic mass is 10.2. The van der Waals surface area contributed by atoms with Crippen LogP contribution in [0.1, 0.15) is 11.1 Å². The van der Waals surface area contributed by atoms with Crippen molar-refractivity contribution in [2.75, 3.05) is 11.1 Å². The molecule has 0 radical (unpaired) electrons. The molecule has 0 aliphatic rings. The van der Waals surface area contributed by atoms with Gasteiger partial charge in [0, 0.05) is 12.2 Å². The first-order valence-electron chi connectivity index (χ1n) is 4.88.